The smallest absolute Gasteiger partial charge is 0.227 e. The van der Waals surface area contributed by atoms with Gasteiger partial charge in [-0.2, -0.15) is 10.5 Å². The van der Waals surface area contributed by atoms with Crippen LogP contribution in [0, 0.1) is 28.6 Å². The van der Waals surface area contributed by atoms with Crippen molar-refractivity contribution in [2.75, 3.05) is 26.2 Å². The third-order valence-electron chi connectivity index (χ3n) is 4.40. The summed E-state index contributed by atoms with van der Waals surface area (Å²) in [6.07, 6.45) is 2.53. The van der Waals surface area contributed by atoms with Gasteiger partial charge in [-0.15, -0.1) is 0 Å². The molecule has 1 atom stereocenters. The van der Waals surface area contributed by atoms with Gasteiger partial charge in [0.2, 0.25) is 5.91 Å². The summed E-state index contributed by atoms with van der Waals surface area (Å²) < 4.78 is 0. The predicted molar refractivity (Wildman–Crippen MR) is 91.5 cm³/mol. The fraction of sp³-hybridized carbons (Fsp3) is 0.526. The molecule has 1 aliphatic heterocycles. The molecule has 1 aromatic rings. The van der Waals surface area contributed by atoms with Crippen molar-refractivity contribution in [2.24, 2.45) is 5.92 Å². The predicted octanol–water partition coefficient (Wildman–Crippen LogP) is 2.55. The number of likely N-dealkylation sites (tertiary alicyclic amines) is 1. The fourth-order valence-electron chi connectivity index (χ4n) is 3.20. The van der Waals surface area contributed by atoms with Crippen molar-refractivity contribution >= 4 is 5.91 Å². The van der Waals surface area contributed by atoms with Gasteiger partial charge >= 0.3 is 0 Å². The van der Waals surface area contributed by atoms with E-state index >= 15 is 0 Å². The van der Waals surface area contributed by atoms with Crippen LogP contribution in [0.3, 0.4) is 0 Å². The SMILES string of the molecule is N#CCCN(CCC#N)C(=O)[C@@H]1CCCN(Cc2ccccc2)C1. The van der Waals surface area contributed by atoms with E-state index in [4.69, 9.17) is 10.5 Å². The minimum atomic E-state index is -0.0279. The molecular formula is C19H24N4O. The van der Waals surface area contributed by atoms with Crippen LogP contribution in [0.5, 0.6) is 0 Å². The normalized spacial score (nSPS) is 17.7. The van der Waals surface area contributed by atoms with Crippen LogP contribution >= 0.6 is 0 Å². The van der Waals surface area contributed by atoms with E-state index < -0.39 is 0 Å². The van der Waals surface area contributed by atoms with Crippen molar-refractivity contribution in [2.45, 2.75) is 32.2 Å². The van der Waals surface area contributed by atoms with Crippen LogP contribution in [-0.4, -0.2) is 41.9 Å². The number of nitrogens with zero attached hydrogens (tertiary/aromatic N) is 4. The van der Waals surface area contributed by atoms with Gasteiger partial charge in [-0.25, -0.2) is 0 Å². The van der Waals surface area contributed by atoms with Crippen molar-refractivity contribution in [3.8, 4) is 12.1 Å². The molecular weight excluding hydrogens is 300 g/mol. The Labute approximate surface area is 144 Å². The van der Waals surface area contributed by atoms with Crippen molar-refractivity contribution in [1.29, 1.82) is 10.5 Å². The highest BCUT2D eigenvalue weighted by Gasteiger charge is 2.29. The molecule has 0 spiro atoms. The lowest BCUT2D eigenvalue weighted by Crippen LogP contribution is -2.45. The number of nitriles is 2. The molecule has 5 heteroatoms. The molecule has 126 valence electrons. The summed E-state index contributed by atoms with van der Waals surface area (Å²) in [4.78, 5) is 16.8. The van der Waals surface area contributed by atoms with Gasteiger partial charge in [-0.1, -0.05) is 30.3 Å². The molecule has 0 bridgehead atoms. The zero-order chi connectivity index (χ0) is 17.2. The second-order valence-electron chi connectivity index (χ2n) is 6.20. The van der Waals surface area contributed by atoms with Gasteiger partial charge in [0.15, 0.2) is 0 Å². The number of carbonyl (C=O) groups is 1. The van der Waals surface area contributed by atoms with Crippen molar-refractivity contribution in [1.82, 2.24) is 9.80 Å². The van der Waals surface area contributed by atoms with Crippen molar-refractivity contribution < 1.29 is 4.79 Å². The van der Waals surface area contributed by atoms with Crippen molar-refractivity contribution in [3.63, 3.8) is 0 Å². The van der Waals surface area contributed by atoms with Gasteiger partial charge < -0.3 is 4.90 Å². The summed E-state index contributed by atoms with van der Waals surface area (Å²) in [6, 6.07) is 14.5. The quantitative estimate of drug-likeness (QED) is 0.773. The maximum absolute atomic E-state index is 12.8. The average molecular weight is 324 g/mol. The fourth-order valence-corrected chi connectivity index (χ4v) is 3.20. The lowest BCUT2D eigenvalue weighted by atomic mass is 9.95. The monoisotopic (exact) mass is 324 g/mol. The molecule has 1 saturated heterocycles. The Morgan fingerprint density at radius 2 is 1.83 bits per heavy atom. The van der Waals surface area contributed by atoms with E-state index in [0.717, 1.165) is 32.5 Å². The minimum absolute atomic E-state index is 0.0279. The molecule has 0 N–H and O–H groups in total. The number of hydrogen-bond acceptors (Lipinski definition) is 4. The summed E-state index contributed by atoms with van der Waals surface area (Å²) in [7, 11) is 0. The summed E-state index contributed by atoms with van der Waals surface area (Å²) in [5, 5.41) is 17.6. The molecule has 0 unspecified atom stereocenters. The Hall–Kier alpha value is -2.37. The maximum Gasteiger partial charge on any atom is 0.227 e. The lowest BCUT2D eigenvalue weighted by molar-refractivity contribution is -0.137. The Bertz CT molecular complexity index is 584. The van der Waals surface area contributed by atoms with Gasteiger partial charge in [-0.05, 0) is 24.9 Å². The summed E-state index contributed by atoms with van der Waals surface area (Å²) in [5.41, 5.74) is 1.26. The average Bonchev–Trinajstić information content (AvgIpc) is 2.62. The summed E-state index contributed by atoms with van der Waals surface area (Å²) in [5.74, 6) is 0.0677. The lowest BCUT2D eigenvalue weighted by Gasteiger charge is -2.34. The van der Waals surface area contributed by atoms with E-state index in [1.165, 1.54) is 5.56 Å². The highest BCUT2D eigenvalue weighted by molar-refractivity contribution is 5.79. The summed E-state index contributed by atoms with van der Waals surface area (Å²) >= 11 is 0. The molecule has 1 amide bonds. The largest absolute Gasteiger partial charge is 0.340 e. The van der Waals surface area contributed by atoms with Crippen LogP contribution in [0.2, 0.25) is 0 Å². The molecule has 1 aromatic carbocycles. The number of rotatable bonds is 7. The Balaban J connectivity index is 1.94. The number of amides is 1. The maximum atomic E-state index is 12.8. The minimum Gasteiger partial charge on any atom is -0.340 e. The Morgan fingerprint density at radius 1 is 1.17 bits per heavy atom. The highest BCUT2D eigenvalue weighted by Crippen LogP contribution is 2.21. The first-order valence-corrected chi connectivity index (χ1v) is 8.53. The van der Waals surface area contributed by atoms with E-state index in [1.54, 1.807) is 4.90 Å². The van der Waals surface area contributed by atoms with Gasteiger partial charge in [-0.3, -0.25) is 9.69 Å². The molecule has 0 aliphatic carbocycles. The van der Waals surface area contributed by atoms with Crippen LogP contribution in [-0.2, 0) is 11.3 Å². The first-order chi connectivity index (χ1) is 11.7. The van der Waals surface area contributed by atoms with Crippen LogP contribution in [0.25, 0.3) is 0 Å². The van der Waals surface area contributed by atoms with Crippen LogP contribution in [0.1, 0.15) is 31.2 Å². The first kappa shape index (κ1) is 18.0. The van der Waals surface area contributed by atoms with E-state index in [9.17, 15) is 4.79 Å². The molecule has 1 aliphatic rings. The topological polar surface area (TPSA) is 71.1 Å². The van der Waals surface area contributed by atoms with E-state index in [2.05, 4.69) is 29.2 Å². The number of hydrogen-bond donors (Lipinski definition) is 0. The van der Waals surface area contributed by atoms with Gasteiger partial charge in [0, 0.05) is 26.2 Å². The van der Waals surface area contributed by atoms with Gasteiger partial charge in [0.05, 0.1) is 30.9 Å². The molecule has 1 heterocycles. The van der Waals surface area contributed by atoms with Gasteiger partial charge in [0.25, 0.3) is 0 Å². The second-order valence-corrected chi connectivity index (χ2v) is 6.20. The molecule has 1 fully saturated rings. The first-order valence-electron chi connectivity index (χ1n) is 8.53. The van der Waals surface area contributed by atoms with Crippen LogP contribution < -0.4 is 0 Å². The van der Waals surface area contributed by atoms with Crippen molar-refractivity contribution in [3.05, 3.63) is 35.9 Å². The van der Waals surface area contributed by atoms with Gasteiger partial charge in [0.1, 0.15) is 0 Å². The standard InChI is InChI=1S/C19H24N4O/c20-10-5-13-23(14-6-11-21)19(24)18-9-4-12-22(16-18)15-17-7-2-1-3-8-17/h1-3,7-8,18H,4-6,9,12-16H2/t18-/m1/s1. The highest BCUT2D eigenvalue weighted by atomic mass is 16.2. The Morgan fingerprint density at radius 3 is 2.46 bits per heavy atom. The molecule has 2 rings (SSSR count). The third-order valence-corrected chi connectivity index (χ3v) is 4.40. The molecule has 5 nitrogen and oxygen atoms in total. The van der Waals surface area contributed by atoms with E-state index in [-0.39, 0.29) is 11.8 Å². The van der Waals surface area contributed by atoms with E-state index in [0.29, 0.717) is 25.9 Å². The molecule has 0 saturated carbocycles. The third kappa shape index (κ3) is 5.37. The molecule has 0 aromatic heterocycles. The van der Waals surface area contributed by atoms with Crippen LogP contribution in [0.15, 0.2) is 30.3 Å². The Kier molecular flexibility index (Phi) is 7.26. The number of carbonyl (C=O) groups excluding carboxylic acids is 1. The number of piperidine rings is 1. The summed E-state index contributed by atoms with van der Waals surface area (Å²) in [6.45, 7) is 3.47. The molecule has 0 radical (unpaired) electrons. The van der Waals surface area contributed by atoms with E-state index in [1.807, 2.05) is 18.2 Å². The zero-order valence-corrected chi connectivity index (χ0v) is 14.0. The van der Waals surface area contributed by atoms with Crippen LogP contribution in [0.4, 0.5) is 0 Å². The number of benzene rings is 1. The zero-order valence-electron chi connectivity index (χ0n) is 14.0. The molecule has 24 heavy (non-hydrogen) atoms. The second kappa shape index (κ2) is 9.70.